The van der Waals surface area contributed by atoms with Crippen LogP contribution < -0.4 is 21.5 Å². The van der Waals surface area contributed by atoms with E-state index < -0.39 is 0 Å². The number of fused-ring (bicyclic) bond motifs is 1. The summed E-state index contributed by atoms with van der Waals surface area (Å²) >= 11 is 1.31. The molecule has 0 aliphatic heterocycles. The molecule has 0 radical (unpaired) electrons. The van der Waals surface area contributed by atoms with Crippen molar-refractivity contribution < 1.29 is 9.53 Å². The fraction of sp³-hybridized carbons (Fsp3) is 0.111. The average molecular weight is 382 g/mol. The molecule has 3 aromatic rings. The van der Waals surface area contributed by atoms with Gasteiger partial charge in [0, 0.05) is 5.69 Å². The molecular weight excluding hydrogens is 364 g/mol. The number of carbonyl (C=O) groups is 1. The lowest BCUT2D eigenvalue weighted by Crippen LogP contribution is -2.22. The highest BCUT2D eigenvalue weighted by Gasteiger charge is 2.13. The maximum Gasteiger partial charge on any atom is 0.284 e. The monoisotopic (exact) mass is 382 g/mol. The lowest BCUT2D eigenvalue weighted by molar-refractivity contribution is 0.102. The van der Waals surface area contributed by atoms with Crippen LogP contribution in [0.3, 0.4) is 0 Å². The van der Waals surface area contributed by atoms with Crippen molar-refractivity contribution in [1.82, 2.24) is 4.98 Å². The molecule has 0 unspecified atom stereocenters. The molecule has 138 valence electrons. The lowest BCUT2D eigenvalue weighted by atomic mass is 10.1. The van der Waals surface area contributed by atoms with Crippen LogP contribution in [0.5, 0.6) is 5.75 Å². The Morgan fingerprint density at radius 2 is 1.89 bits per heavy atom. The lowest BCUT2D eigenvalue weighted by Gasteiger charge is -2.04. The van der Waals surface area contributed by atoms with Crippen LogP contribution >= 0.6 is 11.3 Å². The predicted molar refractivity (Wildman–Crippen MR) is 109 cm³/mol. The van der Waals surface area contributed by atoms with E-state index >= 15 is 0 Å². The number of nitrogens with one attached hydrogen (secondary N) is 1. The molecule has 0 saturated carbocycles. The SMILES string of the molecule is COc1ccc2nc(C(=O)Nc3ccc(/C(C)=N\N=C(N)N)cc3)sc2c1. The molecule has 1 amide bonds. The molecular formula is C18H18N6O2S. The number of rotatable bonds is 5. The van der Waals surface area contributed by atoms with Gasteiger partial charge in [0.25, 0.3) is 5.91 Å². The summed E-state index contributed by atoms with van der Waals surface area (Å²) < 4.78 is 6.09. The third-order valence-electron chi connectivity index (χ3n) is 3.67. The number of anilines is 1. The number of thiazole rings is 1. The molecule has 27 heavy (non-hydrogen) atoms. The average Bonchev–Trinajstić information content (AvgIpc) is 3.10. The fourth-order valence-corrected chi connectivity index (χ4v) is 3.19. The largest absolute Gasteiger partial charge is 0.497 e. The molecule has 8 nitrogen and oxygen atoms in total. The number of nitrogens with two attached hydrogens (primary N) is 2. The smallest absolute Gasteiger partial charge is 0.284 e. The Bertz CT molecular complexity index is 1040. The highest BCUT2D eigenvalue weighted by atomic mass is 32.1. The standard InChI is InChI=1S/C18H18N6O2S/c1-10(23-24-18(19)20)11-3-5-12(6-4-11)21-16(25)17-22-14-8-7-13(26-2)9-15(14)27-17/h3-9H,1-2H3,(H,21,25)(H4,19,20,24)/b23-10-. The number of hydrogen-bond donors (Lipinski definition) is 3. The van der Waals surface area contributed by atoms with Gasteiger partial charge in [-0.05, 0) is 42.8 Å². The van der Waals surface area contributed by atoms with Crippen LogP contribution in [0.2, 0.25) is 0 Å². The van der Waals surface area contributed by atoms with Gasteiger partial charge in [-0.25, -0.2) is 4.98 Å². The van der Waals surface area contributed by atoms with Gasteiger partial charge in [0.05, 0.1) is 23.0 Å². The van der Waals surface area contributed by atoms with Crippen molar-refractivity contribution in [3.8, 4) is 5.75 Å². The summed E-state index contributed by atoms with van der Waals surface area (Å²) in [5, 5.41) is 10.8. The molecule has 0 aliphatic carbocycles. The third-order valence-corrected chi connectivity index (χ3v) is 4.68. The molecule has 1 aromatic heterocycles. The van der Waals surface area contributed by atoms with E-state index in [1.807, 2.05) is 30.3 Å². The first-order chi connectivity index (χ1) is 13.0. The number of nitrogens with zero attached hydrogens (tertiary/aromatic N) is 3. The number of carbonyl (C=O) groups excluding carboxylic acids is 1. The van der Waals surface area contributed by atoms with Crippen LogP contribution in [0.25, 0.3) is 10.2 Å². The maximum absolute atomic E-state index is 12.5. The number of amides is 1. The Balaban J connectivity index is 1.74. The zero-order valence-corrected chi connectivity index (χ0v) is 15.6. The van der Waals surface area contributed by atoms with Crippen molar-refractivity contribution in [1.29, 1.82) is 0 Å². The van der Waals surface area contributed by atoms with Crippen molar-refractivity contribution in [3.63, 3.8) is 0 Å². The molecule has 0 saturated heterocycles. The molecule has 0 aliphatic rings. The van der Waals surface area contributed by atoms with E-state index in [-0.39, 0.29) is 11.9 Å². The first-order valence-corrected chi connectivity index (χ1v) is 8.77. The topological polar surface area (TPSA) is 128 Å². The highest BCUT2D eigenvalue weighted by Crippen LogP contribution is 2.26. The second kappa shape index (κ2) is 7.83. The summed E-state index contributed by atoms with van der Waals surface area (Å²) in [6.07, 6.45) is 0. The first kappa shape index (κ1) is 18.3. The maximum atomic E-state index is 12.5. The van der Waals surface area contributed by atoms with Crippen LogP contribution in [-0.2, 0) is 0 Å². The minimum atomic E-state index is -0.270. The van der Waals surface area contributed by atoms with Crippen LogP contribution in [0.1, 0.15) is 22.3 Å². The Labute approximate surface area is 159 Å². The van der Waals surface area contributed by atoms with Gasteiger partial charge >= 0.3 is 0 Å². The van der Waals surface area contributed by atoms with Crippen LogP contribution in [0.4, 0.5) is 5.69 Å². The molecule has 0 fully saturated rings. The molecule has 9 heteroatoms. The van der Waals surface area contributed by atoms with Gasteiger partial charge in [-0.15, -0.1) is 16.4 Å². The van der Waals surface area contributed by atoms with E-state index in [1.165, 1.54) is 11.3 Å². The van der Waals surface area contributed by atoms with E-state index in [2.05, 4.69) is 20.5 Å². The summed E-state index contributed by atoms with van der Waals surface area (Å²) in [7, 11) is 1.60. The van der Waals surface area contributed by atoms with E-state index in [1.54, 1.807) is 26.2 Å². The van der Waals surface area contributed by atoms with E-state index in [0.717, 1.165) is 21.5 Å². The van der Waals surface area contributed by atoms with Gasteiger partial charge < -0.3 is 21.5 Å². The molecule has 2 aromatic carbocycles. The number of methoxy groups -OCH3 is 1. The van der Waals surface area contributed by atoms with Gasteiger partial charge in [-0.3, -0.25) is 4.79 Å². The molecule has 0 spiro atoms. The Morgan fingerprint density at radius 3 is 2.56 bits per heavy atom. The minimum Gasteiger partial charge on any atom is -0.497 e. The normalized spacial score (nSPS) is 11.3. The van der Waals surface area contributed by atoms with Crippen molar-refractivity contribution >= 4 is 44.8 Å². The Hall–Kier alpha value is -3.46. The van der Waals surface area contributed by atoms with E-state index in [0.29, 0.717) is 16.4 Å². The van der Waals surface area contributed by atoms with Crippen LogP contribution in [-0.4, -0.2) is 29.7 Å². The summed E-state index contributed by atoms with van der Waals surface area (Å²) in [5.74, 6) is 0.354. The van der Waals surface area contributed by atoms with Gasteiger partial charge in [0.1, 0.15) is 5.75 Å². The van der Waals surface area contributed by atoms with Crippen LogP contribution in [0.15, 0.2) is 52.7 Å². The molecule has 0 atom stereocenters. The summed E-state index contributed by atoms with van der Waals surface area (Å²) in [6.45, 7) is 1.79. The molecule has 5 N–H and O–H groups in total. The zero-order chi connectivity index (χ0) is 19.4. The van der Waals surface area contributed by atoms with E-state index in [9.17, 15) is 4.79 Å². The first-order valence-electron chi connectivity index (χ1n) is 7.96. The van der Waals surface area contributed by atoms with Crippen LogP contribution in [0, 0.1) is 0 Å². The van der Waals surface area contributed by atoms with Gasteiger partial charge in [-0.1, -0.05) is 12.1 Å². The summed E-state index contributed by atoms with van der Waals surface area (Å²) in [6, 6.07) is 12.7. The second-order valence-corrected chi connectivity index (χ2v) is 6.63. The summed E-state index contributed by atoms with van der Waals surface area (Å²) in [4.78, 5) is 16.8. The quantitative estimate of drug-likeness (QED) is 0.355. The van der Waals surface area contributed by atoms with Crippen molar-refractivity contribution in [2.75, 3.05) is 12.4 Å². The molecule has 0 bridgehead atoms. The van der Waals surface area contributed by atoms with Gasteiger partial charge in [-0.2, -0.15) is 5.10 Å². The fourth-order valence-electron chi connectivity index (χ4n) is 2.30. The second-order valence-electron chi connectivity index (χ2n) is 5.59. The van der Waals surface area contributed by atoms with Gasteiger partial charge in [0.2, 0.25) is 5.96 Å². The Kier molecular flexibility index (Phi) is 5.32. The zero-order valence-electron chi connectivity index (χ0n) is 14.8. The number of benzene rings is 2. The minimum absolute atomic E-state index is 0.105. The third kappa shape index (κ3) is 4.39. The van der Waals surface area contributed by atoms with Crippen molar-refractivity contribution in [3.05, 3.63) is 53.0 Å². The predicted octanol–water partition coefficient (Wildman–Crippen LogP) is 2.55. The van der Waals surface area contributed by atoms with E-state index in [4.69, 9.17) is 16.2 Å². The van der Waals surface area contributed by atoms with Crippen molar-refractivity contribution in [2.24, 2.45) is 21.7 Å². The van der Waals surface area contributed by atoms with Crippen molar-refractivity contribution in [2.45, 2.75) is 6.92 Å². The number of ether oxygens (including phenoxy) is 1. The number of hydrogen-bond acceptors (Lipinski definition) is 6. The summed E-state index contributed by atoms with van der Waals surface area (Å²) in [5.41, 5.74) is 13.4. The van der Waals surface area contributed by atoms with Gasteiger partial charge in [0.15, 0.2) is 5.01 Å². The Morgan fingerprint density at radius 1 is 1.15 bits per heavy atom. The molecule has 3 rings (SSSR count). The highest BCUT2D eigenvalue weighted by molar-refractivity contribution is 7.20. The number of guanidine groups is 1. The number of aromatic nitrogens is 1. The molecule has 1 heterocycles.